The van der Waals surface area contributed by atoms with Crippen LogP contribution in [0.1, 0.15) is 41.0 Å². The van der Waals surface area contributed by atoms with Crippen LogP contribution in [0.3, 0.4) is 0 Å². The third kappa shape index (κ3) is 3.10. The Balaban J connectivity index is 2.28. The van der Waals surface area contributed by atoms with Crippen molar-refractivity contribution in [3.8, 4) is 0 Å². The minimum atomic E-state index is 0.172. The Kier molecular flexibility index (Phi) is 4.29. The molecule has 1 atom stereocenters. The zero-order valence-electron chi connectivity index (χ0n) is 12.6. The molecule has 1 unspecified atom stereocenters. The zero-order valence-corrected chi connectivity index (χ0v) is 13.3. The highest BCUT2D eigenvalue weighted by molar-refractivity contribution is 6.30. The Morgan fingerprint density at radius 2 is 1.80 bits per heavy atom. The first-order valence-corrected chi connectivity index (χ1v) is 7.09. The van der Waals surface area contributed by atoms with Crippen molar-refractivity contribution in [1.29, 1.82) is 0 Å². The first-order chi connectivity index (χ1) is 9.38. The van der Waals surface area contributed by atoms with Crippen LogP contribution in [0.15, 0.2) is 18.3 Å². The van der Waals surface area contributed by atoms with E-state index in [9.17, 15) is 0 Å². The third-order valence-corrected chi connectivity index (χ3v) is 3.81. The molecule has 0 spiro atoms. The maximum atomic E-state index is 5.95. The van der Waals surface area contributed by atoms with Crippen molar-refractivity contribution in [3.05, 3.63) is 51.6 Å². The van der Waals surface area contributed by atoms with Gasteiger partial charge in [-0.05, 0) is 63.4 Å². The van der Waals surface area contributed by atoms with Gasteiger partial charge in [0.1, 0.15) is 5.15 Å². The predicted octanol–water partition coefficient (Wildman–Crippen LogP) is 4.54. The van der Waals surface area contributed by atoms with Gasteiger partial charge in [0.15, 0.2) is 0 Å². The van der Waals surface area contributed by atoms with Crippen LogP contribution in [0.5, 0.6) is 0 Å². The summed E-state index contributed by atoms with van der Waals surface area (Å²) in [5, 5.41) is 4.01. The van der Waals surface area contributed by atoms with E-state index in [4.69, 9.17) is 11.6 Å². The second-order valence-corrected chi connectivity index (χ2v) is 5.64. The summed E-state index contributed by atoms with van der Waals surface area (Å²) in [5.74, 6) is 0. The van der Waals surface area contributed by atoms with Gasteiger partial charge in [-0.3, -0.25) is 4.98 Å². The lowest BCUT2D eigenvalue weighted by atomic mass is 10.0. The van der Waals surface area contributed by atoms with Crippen LogP contribution in [0.2, 0.25) is 5.15 Å². The second-order valence-electron chi connectivity index (χ2n) is 5.28. The van der Waals surface area contributed by atoms with Gasteiger partial charge in [-0.2, -0.15) is 0 Å². The van der Waals surface area contributed by atoms with Crippen LogP contribution < -0.4 is 5.32 Å². The fourth-order valence-electron chi connectivity index (χ4n) is 2.65. The predicted molar refractivity (Wildman–Crippen MR) is 84.5 cm³/mol. The molecule has 2 rings (SSSR count). The minimum absolute atomic E-state index is 0.172. The third-order valence-electron chi connectivity index (χ3n) is 3.41. The van der Waals surface area contributed by atoms with Gasteiger partial charge in [-0.25, -0.2) is 4.98 Å². The molecule has 0 fully saturated rings. The Bertz CT molecular complexity index is 615. The zero-order chi connectivity index (χ0) is 14.9. The van der Waals surface area contributed by atoms with Gasteiger partial charge in [0.2, 0.25) is 0 Å². The maximum absolute atomic E-state index is 5.95. The number of nitrogens with zero attached hydrogens (tertiary/aromatic N) is 2. The molecule has 1 N–H and O–H groups in total. The van der Waals surface area contributed by atoms with Gasteiger partial charge in [0, 0.05) is 11.4 Å². The smallest absolute Gasteiger partial charge is 0.132 e. The lowest BCUT2D eigenvalue weighted by molar-refractivity contribution is 0.841. The largest absolute Gasteiger partial charge is 0.377 e. The van der Waals surface area contributed by atoms with Gasteiger partial charge >= 0.3 is 0 Å². The van der Waals surface area contributed by atoms with Crippen LogP contribution >= 0.6 is 11.6 Å². The Hall–Kier alpha value is -1.61. The molecule has 2 aromatic rings. The van der Waals surface area contributed by atoms with Crippen LogP contribution in [-0.4, -0.2) is 9.97 Å². The first kappa shape index (κ1) is 14.8. The van der Waals surface area contributed by atoms with E-state index >= 15 is 0 Å². The van der Waals surface area contributed by atoms with E-state index in [2.05, 4.69) is 42.1 Å². The molecule has 20 heavy (non-hydrogen) atoms. The Morgan fingerprint density at radius 1 is 1.10 bits per heavy atom. The van der Waals surface area contributed by atoms with E-state index in [-0.39, 0.29) is 6.04 Å². The number of rotatable bonds is 3. The van der Waals surface area contributed by atoms with Crippen LogP contribution in [0, 0.1) is 27.7 Å². The monoisotopic (exact) mass is 289 g/mol. The average Bonchev–Trinajstić information content (AvgIpc) is 2.32. The van der Waals surface area contributed by atoms with Gasteiger partial charge in [-0.15, -0.1) is 0 Å². The van der Waals surface area contributed by atoms with Crippen LogP contribution in [0.25, 0.3) is 0 Å². The molecular formula is C16H20ClN3. The summed E-state index contributed by atoms with van der Waals surface area (Å²) in [6.45, 7) is 10.3. The lowest BCUT2D eigenvalue weighted by Gasteiger charge is -2.20. The van der Waals surface area contributed by atoms with Crippen molar-refractivity contribution in [1.82, 2.24) is 9.97 Å². The molecule has 0 saturated carbocycles. The molecule has 0 radical (unpaired) electrons. The second kappa shape index (κ2) is 5.80. The molecule has 2 aromatic heterocycles. The quantitative estimate of drug-likeness (QED) is 0.843. The molecule has 0 aliphatic heterocycles. The fraction of sp³-hybridized carbons (Fsp3) is 0.375. The van der Waals surface area contributed by atoms with Gasteiger partial charge < -0.3 is 5.32 Å². The van der Waals surface area contributed by atoms with E-state index in [0.29, 0.717) is 5.15 Å². The number of aryl methyl sites for hydroxylation is 4. The standard InChI is InChI=1S/C16H20ClN3/c1-9-6-11(3)19-12(4)15(9)13(5)20-14-7-10(2)16(17)18-8-14/h6-8,13,20H,1-5H3. The highest BCUT2D eigenvalue weighted by Crippen LogP contribution is 2.26. The number of hydrogen-bond acceptors (Lipinski definition) is 3. The average molecular weight is 290 g/mol. The van der Waals surface area contributed by atoms with E-state index in [1.54, 1.807) is 6.20 Å². The van der Waals surface area contributed by atoms with Gasteiger partial charge in [-0.1, -0.05) is 11.6 Å². The van der Waals surface area contributed by atoms with Crippen molar-refractivity contribution in [2.45, 2.75) is 40.7 Å². The summed E-state index contributed by atoms with van der Waals surface area (Å²) in [7, 11) is 0. The number of halogens is 1. The summed E-state index contributed by atoms with van der Waals surface area (Å²) in [6.07, 6.45) is 1.76. The molecule has 0 aliphatic rings. The number of nitrogens with one attached hydrogen (secondary N) is 1. The molecular weight excluding hydrogens is 270 g/mol. The van der Waals surface area contributed by atoms with Crippen LogP contribution in [0.4, 0.5) is 5.69 Å². The number of pyridine rings is 2. The van der Waals surface area contributed by atoms with E-state index in [1.807, 2.05) is 19.9 Å². The molecule has 0 amide bonds. The summed E-state index contributed by atoms with van der Waals surface area (Å²) in [5.41, 5.74) is 6.57. The van der Waals surface area contributed by atoms with Crippen molar-refractivity contribution in [2.75, 3.05) is 5.32 Å². The normalized spacial score (nSPS) is 12.3. The van der Waals surface area contributed by atoms with E-state index in [0.717, 1.165) is 22.6 Å². The van der Waals surface area contributed by atoms with Crippen molar-refractivity contribution >= 4 is 17.3 Å². The SMILES string of the molecule is Cc1cc(C)c(C(C)Nc2cnc(Cl)c(C)c2)c(C)n1. The molecule has 0 aliphatic carbocycles. The fourth-order valence-corrected chi connectivity index (χ4v) is 2.75. The van der Waals surface area contributed by atoms with Crippen molar-refractivity contribution < 1.29 is 0 Å². The van der Waals surface area contributed by atoms with Crippen molar-refractivity contribution in [2.24, 2.45) is 0 Å². The summed E-state index contributed by atoms with van der Waals surface area (Å²) >= 11 is 5.95. The molecule has 0 saturated heterocycles. The van der Waals surface area contributed by atoms with Gasteiger partial charge in [0.25, 0.3) is 0 Å². The molecule has 0 bridgehead atoms. The molecule has 106 valence electrons. The Labute approximate surface area is 125 Å². The molecule has 2 heterocycles. The summed E-state index contributed by atoms with van der Waals surface area (Å²) in [4.78, 5) is 8.72. The molecule has 0 aromatic carbocycles. The number of anilines is 1. The minimum Gasteiger partial charge on any atom is -0.377 e. The highest BCUT2D eigenvalue weighted by Gasteiger charge is 2.13. The van der Waals surface area contributed by atoms with Crippen molar-refractivity contribution in [3.63, 3.8) is 0 Å². The van der Waals surface area contributed by atoms with E-state index < -0.39 is 0 Å². The topological polar surface area (TPSA) is 37.8 Å². The van der Waals surface area contributed by atoms with E-state index in [1.165, 1.54) is 11.1 Å². The molecule has 4 heteroatoms. The van der Waals surface area contributed by atoms with Gasteiger partial charge in [0.05, 0.1) is 17.9 Å². The highest BCUT2D eigenvalue weighted by atomic mass is 35.5. The first-order valence-electron chi connectivity index (χ1n) is 6.72. The number of hydrogen-bond donors (Lipinski definition) is 1. The lowest BCUT2D eigenvalue weighted by Crippen LogP contribution is -2.12. The Morgan fingerprint density at radius 3 is 2.40 bits per heavy atom. The maximum Gasteiger partial charge on any atom is 0.132 e. The summed E-state index contributed by atoms with van der Waals surface area (Å²) in [6, 6.07) is 4.30. The van der Waals surface area contributed by atoms with Crippen LogP contribution in [-0.2, 0) is 0 Å². The molecule has 3 nitrogen and oxygen atoms in total. The number of aromatic nitrogens is 2. The summed E-state index contributed by atoms with van der Waals surface area (Å²) < 4.78 is 0.